The summed E-state index contributed by atoms with van der Waals surface area (Å²) in [6, 6.07) is -1.18. The Bertz CT molecular complexity index is 321. The fraction of sp³-hybridized carbons (Fsp3) is 0.846. The van der Waals surface area contributed by atoms with E-state index in [1.165, 1.54) is 7.11 Å². The predicted octanol–water partition coefficient (Wildman–Crippen LogP) is 1.31. The molecular weight excluding hydrogens is 248 g/mol. The summed E-state index contributed by atoms with van der Waals surface area (Å²) >= 11 is 0. The number of carbonyl (C=O) groups excluding carboxylic acids is 1. The van der Waals surface area contributed by atoms with E-state index in [-0.39, 0.29) is 17.9 Å². The van der Waals surface area contributed by atoms with Crippen LogP contribution >= 0.6 is 0 Å². The summed E-state index contributed by atoms with van der Waals surface area (Å²) in [6.45, 7) is 6.02. The van der Waals surface area contributed by atoms with Crippen molar-refractivity contribution in [2.75, 3.05) is 26.8 Å². The Hall–Kier alpha value is -1.30. The van der Waals surface area contributed by atoms with Crippen molar-refractivity contribution in [3.63, 3.8) is 0 Å². The Balaban J connectivity index is 2.46. The topological polar surface area (TPSA) is 78.9 Å². The number of nitrogens with zero attached hydrogens (tertiary/aromatic N) is 1. The Morgan fingerprint density at radius 2 is 1.95 bits per heavy atom. The molecule has 6 heteroatoms. The number of carboxylic acid groups (broad SMARTS) is 1. The second kappa shape index (κ2) is 6.75. The third-order valence-electron chi connectivity index (χ3n) is 3.61. The van der Waals surface area contributed by atoms with Crippen LogP contribution in [0.5, 0.6) is 0 Å². The molecule has 1 unspecified atom stereocenters. The lowest BCUT2D eigenvalue weighted by Gasteiger charge is -2.37. The van der Waals surface area contributed by atoms with Crippen molar-refractivity contribution in [3.8, 4) is 0 Å². The number of piperidine rings is 1. The third kappa shape index (κ3) is 5.06. The quantitative estimate of drug-likeness (QED) is 0.791. The largest absolute Gasteiger partial charge is 0.480 e. The van der Waals surface area contributed by atoms with Gasteiger partial charge in [-0.15, -0.1) is 0 Å². The van der Waals surface area contributed by atoms with Gasteiger partial charge in [-0.2, -0.15) is 0 Å². The zero-order chi connectivity index (χ0) is 14.5. The molecule has 0 aromatic heterocycles. The molecule has 19 heavy (non-hydrogen) atoms. The van der Waals surface area contributed by atoms with E-state index < -0.39 is 12.0 Å². The van der Waals surface area contributed by atoms with Gasteiger partial charge in [0, 0.05) is 33.2 Å². The lowest BCUT2D eigenvalue weighted by atomic mass is 9.83. The van der Waals surface area contributed by atoms with Crippen molar-refractivity contribution in [1.29, 1.82) is 0 Å². The average molecular weight is 272 g/mol. The van der Waals surface area contributed by atoms with Crippen LogP contribution in [0, 0.1) is 5.41 Å². The number of methoxy groups -OCH3 is 1. The number of urea groups is 1. The first-order valence-electron chi connectivity index (χ1n) is 6.63. The number of amides is 2. The highest BCUT2D eigenvalue weighted by atomic mass is 16.5. The molecule has 0 bridgehead atoms. The fourth-order valence-electron chi connectivity index (χ4n) is 2.05. The number of aliphatic carboxylic acids is 1. The normalized spacial score (nSPS) is 19.8. The number of carboxylic acids is 1. The van der Waals surface area contributed by atoms with Gasteiger partial charge in [0.2, 0.25) is 0 Å². The van der Waals surface area contributed by atoms with Gasteiger partial charge in [0.15, 0.2) is 0 Å². The van der Waals surface area contributed by atoms with Crippen molar-refractivity contribution >= 4 is 12.0 Å². The lowest BCUT2D eigenvalue weighted by molar-refractivity contribution is -0.139. The minimum Gasteiger partial charge on any atom is -0.480 e. The Morgan fingerprint density at radius 1 is 1.37 bits per heavy atom. The maximum atomic E-state index is 12.0. The van der Waals surface area contributed by atoms with Crippen LogP contribution in [0.25, 0.3) is 0 Å². The summed E-state index contributed by atoms with van der Waals surface area (Å²) in [6.07, 6.45) is 2.16. The van der Waals surface area contributed by atoms with Crippen LogP contribution in [-0.2, 0) is 9.53 Å². The van der Waals surface area contributed by atoms with Crippen molar-refractivity contribution in [1.82, 2.24) is 10.2 Å². The third-order valence-corrected chi connectivity index (χ3v) is 3.61. The van der Waals surface area contributed by atoms with Gasteiger partial charge < -0.3 is 20.1 Å². The van der Waals surface area contributed by atoms with Crippen LogP contribution in [0.3, 0.4) is 0 Å². The molecule has 1 aliphatic heterocycles. The molecular formula is C13H24N2O4. The molecule has 0 spiro atoms. The molecule has 2 N–H and O–H groups in total. The summed E-state index contributed by atoms with van der Waals surface area (Å²) in [5.41, 5.74) is 0.263. The minimum absolute atomic E-state index is 0.263. The van der Waals surface area contributed by atoms with Crippen LogP contribution in [0.4, 0.5) is 4.79 Å². The van der Waals surface area contributed by atoms with Crippen molar-refractivity contribution < 1.29 is 19.4 Å². The molecule has 0 radical (unpaired) electrons. The van der Waals surface area contributed by atoms with E-state index in [2.05, 4.69) is 19.2 Å². The fourth-order valence-corrected chi connectivity index (χ4v) is 2.05. The van der Waals surface area contributed by atoms with E-state index in [1.807, 2.05) is 0 Å². The van der Waals surface area contributed by atoms with Gasteiger partial charge in [-0.25, -0.2) is 9.59 Å². The number of rotatable bonds is 5. The zero-order valence-corrected chi connectivity index (χ0v) is 11.9. The first-order valence-corrected chi connectivity index (χ1v) is 6.63. The Kier molecular flexibility index (Phi) is 5.60. The summed E-state index contributed by atoms with van der Waals surface area (Å²) in [4.78, 5) is 24.7. The molecule has 0 aromatic carbocycles. The van der Waals surface area contributed by atoms with Gasteiger partial charge in [-0.05, 0) is 18.3 Å². The molecule has 2 amide bonds. The molecule has 1 atom stereocenters. The van der Waals surface area contributed by atoms with E-state index in [4.69, 9.17) is 9.84 Å². The summed E-state index contributed by atoms with van der Waals surface area (Å²) in [5.74, 6) is -1.03. The molecule has 1 saturated heterocycles. The molecule has 6 nitrogen and oxygen atoms in total. The molecule has 0 aromatic rings. The number of hydrogen-bond acceptors (Lipinski definition) is 3. The number of carbonyl (C=O) groups is 2. The maximum absolute atomic E-state index is 12.0. The van der Waals surface area contributed by atoms with Crippen molar-refractivity contribution in [3.05, 3.63) is 0 Å². The van der Waals surface area contributed by atoms with E-state index in [1.54, 1.807) is 4.90 Å². The van der Waals surface area contributed by atoms with Crippen LogP contribution in [0.1, 0.15) is 33.1 Å². The highest BCUT2D eigenvalue weighted by Crippen LogP contribution is 2.29. The van der Waals surface area contributed by atoms with Gasteiger partial charge in [-0.1, -0.05) is 13.8 Å². The number of nitrogens with one attached hydrogen (secondary N) is 1. The molecule has 1 aliphatic rings. The van der Waals surface area contributed by atoms with Gasteiger partial charge in [0.25, 0.3) is 0 Å². The van der Waals surface area contributed by atoms with Gasteiger partial charge >= 0.3 is 12.0 Å². The number of ether oxygens (including phenoxy) is 1. The van der Waals surface area contributed by atoms with Crippen LogP contribution in [0.15, 0.2) is 0 Å². The number of likely N-dealkylation sites (tertiary alicyclic amines) is 1. The van der Waals surface area contributed by atoms with Gasteiger partial charge in [0.1, 0.15) is 6.04 Å². The average Bonchev–Trinajstić information content (AvgIpc) is 2.33. The van der Waals surface area contributed by atoms with Gasteiger partial charge in [-0.3, -0.25) is 0 Å². The monoisotopic (exact) mass is 272 g/mol. The summed E-state index contributed by atoms with van der Waals surface area (Å²) in [7, 11) is 1.51. The SMILES string of the molecule is COCCC(NC(=O)N1CCC(C)(C)CC1)C(=O)O. The van der Waals surface area contributed by atoms with E-state index in [0.717, 1.165) is 12.8 Å². The highest BCUT2D eigenvalue weighted by molar-refractivity contribution is 5.82. The lowest BCUT2D eigenvalue weighted by Crippen LogP contribution is -2.51. The maximum Gasteiger partial charge on any atom is 0.326 e. The van der Waals surface area contributed by atoms with Crippen molar-refractivity contribution in [2.45, 2.75) is 39.2 Å². The molecule has 1 rings (SSSR count). The standard InChI is InChI=1S/C13H24N2O4/c1-13(2)5-7-15(8-6-13)12(18)14-10(11(16)17)4-9-19-3/h10H,4-9H2,1-3H3,(H,14,18)(H,16,17). The molecule has 1 fully saturated rings. The first kappa shape index (κ1) is 15.8. The Labute approximate surface area is 114 Å². The molecule has 0 aliphatic carbocycles. The first-order chi connectivity index (χ1) is 8.85. The second-order valence-electron chi connectivity index (χ2n) is 5.77. The van der Waals surface area contributed by atoms with E-state index in [0.29, 0.717) is 19.7 Å². The van der Waals surface area contributed by atoms with Crippen LogP contribution < -0.4 is 5.32 Å². The van der Waals surface area contributed by atoms with Crippen LogP contribution in [0.2, 0.25) is 0 Å². The molecule has 110 valence electrons. The molecule has 0 saturated carbocycles. The second-order valence-corrected chi connectivity index (χ2v) is 5.77. The van der Waals surface area contributed by atoms with Crippen molar-refractivity contribution in [2.24, 2.45) is 5.41 Å². The van der Waals surface area contributed by atoms with E-state index in [9.17, 15) is 9.59 Å². The van der Waals surface area contributed by atoms with E-state index >= 15 is 0 Å². The Morgan fingerprint density at radius 3 is 2.42 bits per heavy atom. The number of hydrogen-bond donors (Lipinski definition) is 2. The molecule has 1 heterocycles. The smallest absolute Gasteiger partial charge is 0.326 e. The van der Waals surface area contributed by atoms with Crippen LogP contribution in [-0.4, -0.2) is 54.9 Å². The summed E-state index contributed by atoms with van der Waals surface area (Å²) in [5, 5.41) is 11.6. The highest BCUT2D eigenvalue weighted by Gasteiger charge is 2.29. The summed E-state index contributed by atoms with van der Waals surface area (Å²) < 4.78 is 4.85. The minimum atomic E-state index is -1.03. The predicted molar refractivity (Wildman–Crippen MR) is 71.0 cm³/mol. The zero-order valence-electron chi connectivity index (χ0n) is 11.9. The van der Waals surface area contributed by atoms with Gasteiger partial charge in [0.05, 0.1) is 0 Å².